The molecular weight excluding hydrogens is 262 g/mol. The summed E-state index contributed by atoms with van der Waals surface area (Å²) in [5, 5.41) is 12.8. The molecule has 2 N–H and O–H groups in total. The molecule has 1 heterocycles. The van der Waals surface area contributed by atoms with Gasteiger partial charge < -0.3 is 10.4 Å². The molecule has 0 amide bonds. The maximum Gasteiger partial charge on any atom is 0.161 e. The fraction of sp³-hybridized carbons (Fsp3) is 0.286. The Kier molecular flexibility index (Phi) is 3.90. The van der Waals surface area contributed by atoms with Gasteiger partial charge in [0.2, 0.25) is 0 Å². The molecule has 1 aromatic carbocycles. The van der Waals surface area contributed by atoms with Gasteiger partial charge in [-0.05, 0) is 31.5 Å². The molecule has 4 nitrogen and oxygen atoms in total. The second-order valence-electron chi connectivity index (χ2n) is 4.24. The minimum atomic E-state index is 0.0575. The Balaban J connectivity index is 2.58. The first kappa shape index (κ1) is 13.6. The maximum absolute atomic E-state index is 9.45. The van der Waals surface area contributed by atoms with Crippen molar-refractivity contribution >= 4 is 17.4 Å². The van der Waals surface area contributed by atoms with Crippen molar-refractivity contribution in [3.05, 3.63) is 34.5 Å². The molecule has 0 atom stereocenters. The molecule has 1 aromatic heterocycles. The Morgan fingerprint density at radius 3 is 2.63 bits per heavy atom. The van der Waals surface area contributed by atoms with E-state index in [2.05, 4.69) is 22.2 Å². The molecule has 5 heteroatoms. The maximum atomic E-state index is 9.45. The van der Waals surface area contributed by atoms with Gasteiger partial charge >= 0.3 is 0 Å². The van der Waals surface area contributed by atoms with E-state index in [1.54, 1.807) is 18.2 Å². The Morgan fingerprint density at radius 2 is 2.05 bits per heavy atom. The number of nitrogens with one attached hydrogen (secondary N) is 1. The lowest BCUT2D eigenvalue weighted by Crippen LogP contribution is -2.04. The van der Waals surface area contributed by atoms with Crippen molar-refractivity contribution in [1.82, 2.24) is 9.97 Å². The van der Waals surface area contributed by atoms with Gasteiger partial charge in [-0.1, -0.05) is 18.5 Å². The van der Waals surface area contributed by atoms with E-state index >= 15 is 0 Å². The summed E-state index contributed by atoms with van der Waals surface area (Å²) in [4.78, 5) is 9.03. The molecule has 19 heavy (non-hydrogen) atoms. The number of phenols is 1. The van der Waals surface area contributed by atoms with Crippen LogP contribution in [0.4, 0.5) is 5.82 Å². The van der Waals surface area contributed by atoms with Gasteiger partial charge in [-0.15, -0.1) is 0 Å². The van der Waals surface area contributed by atoms with Crippen LogP contribution in [0.1, 0.15) is 18.2 Å². The van der Waals surface area contributed by atoms with Crippen molar-refractivity contribution < 1.29 is 5.11 Å². The number of anilines is 1. The predicted octanol–water partition coefficient (Wildman–Crippen LogP) is 3.42. The third kappa shape index (κ3) is 2.63. The molecule has 0 aliphatic carbocycles. The van der Waals surface area contributed by atoms with Crippen molar-refractivity contribution in [2.75, 3.05) is 12.4 Å². The zero-order valence-electron chi connectivity index (χ0n) is 11.2. The van der Waals surface area contributed by atoms with Gasteiger partial charge in [0.25, 0.3) is 0 Å². The molecule has 2 rings (SSSR count). The Morgan fingerprint density at radius 1 is 1.32 bits per heavy atom. The number of nitrogens with zero attached hydrogens (tertiary/aromatic N) is 2. The Labute approximate surface area is 117 Å². The van der Waals surface area contributed by atoms with Crippen molar-refractivity contribution in [2.24, 2.45) is 0 Å². The minimum Gasteiger partial charge on any atom is -0.506 e. The van der Waals surface area contributed by atoms with Crippen LogP contribution in [-0.2, 0) is 6.42 Å². The van der Waals surface area contributed by atoms with Crippen LogP contribution in [0.3, 0.4) is 0 Å². The first-order chi connectivity index (χ1) is 9.06. The molecule has 0 aliphatic heterocycles. The fourth-order valence-electron chi connectivity index (χ4n) is 1.93. The van der Waals surface area contributed by atoms with E-state index in [1.807, 2.05) is 14.0 Å². The molecule has 0 aliphatic rings. The number of aromatic hydroxyl groups is 1. The molecule has 2 aromatic rings. The van der Waals surface area contributed by atoms with Gasteiger partial charge in [-0.2, -0.15) is 0 Å². The lowest BCUT2D eigenvalue weighted by molar-refractivity contribution is 0.475. The van der Waals surface area contributed by atoms with Gasteiger partial charge in [0, 0.05) is 23.9 Å². The second kappa shape index (κ2) is 5.45. The van der Waals surface area contributed by atoms with Crippen molar-refractivity contribution in [1.29, 1.82) is 0 Å². The molecule has 0 radical (unpaired) electrons. The van der Waals surface area contributed by atoms with Gasteiger partial charge in [0.05, 0.1) is 5.02 Å². The first-order valence-corrected chi connectivity index (χ1v) is 6.48. The molecular formula is C14H16ClN3O. The van der Waals surface area contributed by atoms with Gasteiger partial charge in [-0.3, -0.25) is 0 Å². The minimum absolute atomic E-state index is 0.0575. The number of hydrogen-bond acceptors (Lipinski definition) is 4. The van der Waals surface area contributed by atoms with Crippen LogP contribution < -0.4 is 5.32 Å². The largest absolute Gasteiger partial charge is 0.506 e. The van der Waals surface area contributed by atoms with Gasteiger partial charge in [0.15, 0.2) is 5.82 Å². The summed E-state index contributed by atoms with van der Waals surface area (Å²) in [5.41, 5.74) is 2.84. The summed E-state index contributed by atoms with van der Waals surface area (Å²) in [6.45, 7) is 4.06. The van der Waals surface area contributed by atoms with Crippen LogP contribution >= 0.6 is 11.6 Å². The molecule has 0 bridgehead atoms. The quantitative estimate of drug-likeness (QED) is 0.903. The summed E-state index contributed by atoms with van der Waals surface area (Å²) >= 11 is 5.92. The highest BCUT2D eigenvalue weighted by molar-refractivity contribution is 6.32. The fourth-order valence-corrected chi connectivity index (χ4v) is 2.11. The summed E-state index contributed by atoms with van der Waals surface area (Å²) in [6.07, 6.45) is 0.835. The highest BCUT2D eigenvalue weighted by Gasteiger charge is 2.11. The zero-order chi connectivity index (χ0) is 14.0. The monoisotopic (exact) mass is 277 g/mol. The Hall–Kier alpha value is -1.81. The molecule has 0 spiro atoms. The Bertz CT molecular complexity index is 589. The molecule has 0 saturated carbocycles. The molecule has 0 fully saturated rings. The lowest BCUT2D eigenvalue weighted by atomic mass is 10.1. The summed E-state index contributed by atoms with van der Waals surface area (Å²) in [5.74, 6) is 1.47. The molecule has 0 unspecified atom stereocenters. The average molecular weight is 278 g/mol. The number of rotatable bonds is 3. The summed E-state index contributed by atoms with van der Waals surface area (Å²) in [6, 6.07) is 4.97. The van der Waals surface area contributed by atoms with Crippen LogP contribution in [0, 0.1) is 6.92 Å². The number of aryl methyl sites for hydroxylation is 1. The first-order valence-electron chi connectivity index (χ1n) is 6.11. The van der Waals surface area contributed by atoms with E-state index in [4.69, 9.17) is 11.6 Å². The van der Waals surface area contributed by atoms with Crippen molar-refractivity contribution in [3.63, 3.8) is 0 Å². The van der Waals surface area contributed by atoms with E-state index in [0.29, 0.717) is 10.8 Å². The third-order valence-electron chi connectivity index (χ3n) is 3.02. The van der Waals surface area contributed by atoms with Crippen LogP contribution in [0.25, 0.3) is 11.4 Å². The van der Waals surface area contributed by atoms with Gasteiger partial charge in [0.1, 0.15) is 11.6 Å². The smallest absolute Gasteiger partial charge is 0.161 e. The van der Waals surface area contributed by atoms with Crippen LogP contribution in [0.2, 0.25) is 5.02 Å². The second-order valence-corrected chi connectivity index (χ2v) is 4.64. The number of halogens is 1. The number of hydrogen-bond donors (Lipinski definition) is 2. The summed E-state index contributed by atoms with van der Waals surface area (Å²) in [7, 11) is 1.84. The highest BCUT2D eigenvalue weighted by atomic mass is 35.5. The SMILES string of the molecule is CCc1nc(-c2ccc(O)c(Cl)c2)nc(NC)c1C. The number of phenolic OH excluding ortho intramolecular Hbond substituents is 1. The van der Waals surface area contributed by atoms with E-state index in [1.165, 1.54) is 0 Å². The van der Waals surface area contributed by atoms with Crippen LogP contribution in [0.5, 0.6) is 5.75 Å². The molecule has 100 valence electrons. The number of aromatic nitrogens is 2. The van der Waals surface area contributed by atoms with Gasteiger partial charge in [-0.25, -0.2) is 9.97 Å². The van der Waals surface area contributed by atoms with E-state index in [9.17, 15) is 5.11 Å². The number of benzene rings is 1. The van der Waals surface area contributed by atoms with Crippen LogP contribution in [-0.4, -0.2) is 22.1 Å². The van der Waals surface area contributed by atoms with Crippen molar-refractivity contribution in [2.45, 2.75) is 20.3 Å². The standard InChI is InChI=1S/C14H16ClN3O/c1-4-11-8(2)13(16-3)18-14(17-11)9-5-6-12(19)10(15)7-9/h5-7,19H,4H2,1-3H3,(H,16,17,18). The van der Waals surface area contributed by atoms with E-state index in [-0.39, 0.29) is 5.75 Å². The average Bonchev–Trinajstić information content (AvgIpc) is 2.42. The van der Waals surface area contributed by atoms with E-state index < -0.39 is 0 Å². The van der Waals surface area contributed by atoms with Crippen LogP contribution in [0.15, 0.2) is 18.2 Å². The topological polar surface area (TPSA) is 58.0 Å². The summed E-state index contributed by atoms with van der Waals surface area (Å²) < 4.78 is 0. The third-order valence-corrected chi connectivity index (χ3v) is 3.33. The molecule has 0 saturated heterocycles. The lowest BCUT2D eigenvalue weighted by Gasteiger charge is -2.11. The zero-order valence-corrected chi connectivity index (χ0v) is 11.9. The van der Waals surface area contributed by atoms with E-state index in [0.717, 1.165) is 29.1 Å². The van der Waals surface area contributed by atoms with Crippen molar-refractivity contribution in [3.8, 4) is 17.1 Å². The normalized spacial score (nSPS) is 10.5. The highest BCUT2D eigenvalue weighted by Crippen LogP contribution is 2.29. The predicted molar refractivity (Wildman–Crippen MR) is 77.8 cm³/mol.